The lowest BCUT2D eigenvalue weighted by Gasteiger charge is -2.27. The Kier molecular flexibility index (Phi) is 4.43. The van der Waals surface area contributed by atoms with Crippen LogP contribution in [0.3, 0.4) is 0 Å². The minimum absolute atomic E-state index is 0.0526. The van der Waals surface area contributed by atoms with Crippen molar-refractivity contribution in [1.29, 1.82) is 0 Å². The van der Waals surface area contributed by atoms with Crippen LogP contribution in [0, 0.1) is 17.8 Å². The molecule has 0 amide bonds. The highest BCUT2D eigenvalue weighted by Gasteiger charge is 2.26. The fraction of sp³-hybridized carbons (Fsp3) is 0.917. The van der Waals surface area contributed by atoms with E-state index in [4.69, 9.17) is 5.11 Å². The molecule has 0 aromatic heterocycles. The fourth-order valence-corrected chi connectivity index (χ4v) is 2.38. The van der Waals surface area contributed by atoms with Crippen molar-refractivity contribution in [2.45, 2.75) is 52.4 Å². The van der Waals surface area contributed by atoms with Crippen molar-refractivity contribution in [2.24, 2.45) is 17.8 Å². The van der Waals surface area contributed by atoms with Gasteiger partial charge in [-0.25, -0.2) is 0 Å². The zero-order chi connectivity index (χ0) is 10.6. The van der Waals surface area contributed by atoms with E-state index in [9.17, 15) is 4.79 Å². The molecule has 1 unspecified atom stereocenters. The molecule has 0 radical (unpaired) electrons. The average molecular weight is 198 g/mol. The molecule has 1 aliphatic rings. The Morgan fingerprint density at radius 1 is 1.36 bits per heavy atom. The van der Waals surface area contributed by atoms with Gasteiger partial charge in [0.25, 0.3) is 0 Å². The van der Waals surface area contributed by atoms with Crippen molar-refractivity contribution in [3.8, 4) is 0 Å². The Hall–Kier alpha value is -0.530. The van der Waals surface area contributed by atoms with Gasteiger partial charge in [0.2, 0.25) is 0 Å². The number of carbonyl (C=O) groups is 1. The summed E-state index contributed by atoms with van der Waals surface area (Å²) in [6.07, 6.45) is 6.59. The smallest absolute Gasteiger partial charge is 0.306 e. The van der Waals surface area contributed by atoms with E-state index in [2.05, 4.69) is 13.8 Å². The predicted molar refractivity (Wildman–Crippen MR) is 57.2 cm³/mol. The quantitative estimate of drug-likeness (QED) is 0.752. The third-order valence-electron chi connectivity index (χ3n) is 3.63. The van der Waals surface area contributed by atoms with Gasteiger partial charge in [-0.15, -0.1) is 0 Å². The molecule has 1 N–H and O–H groups in total. The Morgan fingerprint density at radius 3 is 2.36 bits per heavy atom. The zero-order valence-corrected chi connectivity index (χ0v) is 9.33. The summed E-state index contributed by atoms with van der Waals surface area (Å²) in [7, 11) is 0. The molecule has 0 aromatic carbocycles. The molecule has 0 heterocycles. The maximum atomic E-state index is 10.7. The summed E-state index contributed by atoms with van der Waals surface area (Å²) in [4.78, 5) is 10.7. The molecular weight excluding hydrogens is 176 g/mol. The van der Waals surface area contributed by atoms with E-state index in [-0.39, 0.29) is 5.92 Å². The molecule has 1 atom stereocenters. The highest BCUT2D eigenvalue weighted by Crippen LogP contribution is 2.33. The molecule has 2 nitrogen and oxygen atoms in total. The monoisotopic (exact) mass is 198 g/mol. The van der Waals surface area contributed by atoms with Gasteiger partial charge < -0.3 is 5.11 Å². The first-order valence-electron chi connectivity index (χ1n) is 5.86. The van der Waals surface area contributed by atoms with Crippen molar-refractivity contribution in [2.75, 3.05) is 0 Å². The van der Waals surface area contributed by atoms with Crippen LogP contribution in [0.25, 0.3) is 0 Å². The molecule has 1 aliphatic carbocycles. The van der Waals surface area contributed by atoms with Crippen molar-refractivity contribution in [3.63, 3.8) is 0 Å². The summed E-state index contributed by atoms with van der Waals surface area (Å²) in [5, 5.41) is 8.85. The van der Waals surface area contributed by atoms with E-state index in [1.165, 1.54) is 12.8 Å². The van der Waals surface area contributed by atoms with E-state index < -0.39 is 5.97 Å². The molecule has 0 bridgehead atoms. The molecule has 1 fully saturated rings. The zero-order valence-electron chi connectivity index (χ0n) is 9.33. The van der Waals surface area contributed by atoms with Crippen LogP contribution in [0.15, 0.2) is 0 Å². The number of hydrogen-bond acceptors (Lipinski definition) is 1. The first-order chi connectivity index (χ1) is 6.63. The summed E-state index contributed by atoms with van der Waals surface area (Å²) < 4.78 is 0. The van der Waals surface area contributed by atoms with Gasteiger partial charge in [0.1, 0.15) is 0 Å². The molecule has 1 rings (SSSR count). The minimum atomic E-state index is -0.591. The van der Waals surface area contributed by atoms with Crippen LogP contribution in [0.4, 0.5) is 0 Å². The number of carboxylic acid groups (broad SMARTS) is 1. The molecule has 14 heavy (non-hydrogen) atoms. The van der Waals surface area contributed by atoms with E-state index in [0.717, 1.165) is 37.5 Å². The normalized spacial score (nSPS) is 29.9. The molecule has 0 saturated heterocycles. The van der Waals surface area contributed by atoms with Gasteiger partial charge in [-0.2, -0.15) is 0 Å². The second-order valence-electron chi connectivity index (χ2n) is 4.81. The van der Waals surface area contributed by atoms with E-state index in [1.54, 1.807) is 0 Å². The topological polar surface area (TPSA) is 37.3 Å². The lowest BCUT2D eigenvalue weighted by Crippen LogP contribution is -2.22. The van der Waals surface area contributed by atoms with E-state index in [0.29, 0.717) is 0 Å². The van der Waals surface area contributed by atoms with Crippen LogP contribution >= 0.6 is 0 Å². The van der Waals surface area contributed by atoms with Gasteiger partial charge in [0, 0.05) is 0 Å². The second-order valence-corrected chi connectivity index (χ2v) is 4.81. The molecule has 0 aromatic rings. The molecule has 0 spiro atoms. The van der Waals surface area contributed by atoms with E-state index in [1.807, 2.05) is 0 Å². The SMILES string of the molecule is CCC(C)C[C@H]1CC[C@@H](C(=O)O)CC1. The Bertz CT molecular complexity index is 181. The highest BCUT2D eigenvalue weighted by atomic mass is 16.4. The summed E-state index contributed by atoms with van der Waals surface area (Å²) in [5.74, 6) is 0.956. The maximum absolute atomic E-state index is 10.7. The van der Waals surface area contributed by atoms with Gasteiger partial charge in [-0.1, -0.05) is 20.3 Å². The first kappa shape index (κ1) is 11.5. The molecule has 2 heteroatoms. The summed E-state index contributed by atoms with van der Waals surface area (Å²) >= 11 is 0. The molecule has 0 aliphatic heterocycles. The maximum Gasteiger partial charge on any atom is 0.306 e. The molecular formula is C12H22O2. The van der Waals surface area contributed by atoms with Crippen LogP contribution in [0.2, 0.25) is 0 Å². The van der Waals surface area contributed by atoms with Gasteiger partial charge in [0.05, 0.1) is 5.92 Å². The molecule has 1 saturated carbocycles. The third kappa shape index (κ3) is 3.32. The van der Waals surface area contributed by atoms with Crippen LogP contribution in [-0.4, -0.2) is 11.1 Å². The lowest BCUT2D eigenvalue weighted by atomic mass is 9.78. The Balaban J connectivity index is 2.25. The minimum Gasteiger partial charge on any atom is -0.481 e. The van der Waals surface area contributed by atoms with Crippen LogP contribution < -0.4 is 0 Å². The van der Waals surface area contributed by atoms with Crippen molar-refractivity contribution in [3.05, 3.63) is 0 Å². The van der Waals surface area contributed by atoms with Crippen LogP contribution in [0.5, 0.6) is 0 Å². The number of aliphatic carboxylic acids is 1. The van der Waals surface area contributed by atoms with Crippen LogP contribution in [0.1, 0.15) is 52.4 Å². The van der Waals surface area contributed by atoms with Crippen molar-refractivity contribution < 1.29 is 9.90 Å². The largest absolute Gasteiger partial charge is 0.481 e. The van der Waals surface area contributed by atoms with Gasteiger partial charge in [0.15, 0.2) is 0 Å². The highest BCUT2D eigenvalue weighted by molar-refractivity contribution is 5.69. The Morgan fingerprint density at radius 2 is 1.93 bits per heavy atom. The number of hydrogen-bond donors (Lipinski definition) is 1. The van der Waals surface area contributed by atoms with Gasteiger partial charge in [-0.3, -0.25) is 4.79 Å². The number of carboxylic acids is 1. The lowest BCUT2D eigenvalue weighted by molar-refractivity contribution is -0.143. The van der Waals surface area contributed by atoms with Crippen LogP contribution in [-0.2, 0) is 4.79 Å². The van der Waals surface area contributed by atoms with Crippen molar-refractivity contribution >= 4 is 5.97 Å². The fourth-order valence-electron chi connectivity index (χ4n) is 2.38. The van der Waals surface area contributed by atoms with Crippen molar-refractivity contribution in [1.82, 2.24) is 0 Å². The first-order valence-corrected chi connectivity index (χ1v) is 5.86. The van der Waals surface area contributed by atoms with Gasteiger partial charge in [-0.05, 0) is 43.9 Å². The third-order valence-corrected chi connectivity index (χ3v) is 3.63. The Labute approximate surface area is 86.7 Å². The predicted octanol–water partition coefficient (Wildman–Crippen LogP) is 3.31. The van der Waals surface area contributed by atoms with Gasteiger partial charge >= 0.3 is 5.97 Å². The summed E-state index contributed by atoms with van der Waals surface area (Å²) in [6, 6.07) is 0. The second kappa shape index (κ2) is 5.38. The standard InChI is InChI=1S/C12H22O2/c1-3-9(2)8-10-4-6-11(7-5-10)12(13)14/h9-11H,3-8H2,1-2H3,(H,13,14)/t9?,10-,11+. The van der Waals surface area contributed by atoms with E-state index >= 15 is 0 Å². The average Bonchev–Trinajstić information content (AvgIpc) is 2.18. The summed E-state index contributed by atoms with van der Waals surface area (Å²) in [6.45, 7) is 4.52. The molecule has 82 valence electrons. The summed E-state index contributed by atoms with van der Waals surface area (Å²) in [5.41, 5.74) is 0. The number of rotatable bonds is 4.